The van der Waals surface area contributed by atoms with Crippen LogP contribution in [0.1, 0.15) is 23.2 Å². The molecule has 3 heterocycles. The molecule has 4 rings (SSSR count). The van der Waals surface area contributed by atoms with Gasteiger partial charge in [0.05, 0.1) is 6.54 Å². The minimum Gasteiger partial charge on any atom is -0.360 e. The molecule has 2 saturated heterocycles. The first-order chi connectivity index (χ1) is 11.7. The third kappa shape index (κ3) is 2.78. The molecular formula is C18H22N4O2. The molecule has 2 aromatic rings. The summed E-state index contributed by atoms with van der Waals surface area (Å²) in [5.41, 5.74) is 1.75. The van der Waals surface area contributed by atoms with Crippen molar-refractivity contribution in [3.8, 4) is 0 Å². The van der Waals surface area contributed by atoms with Crippen LogP contribution in [0.2, 0.25) is 0 Å². The smallest absolute Gasteiger partial charge is 0.317 e. The number of ketones is 1. The molecule has 2 N–H and O–H groups in total. The molecule has 6 heteroatoms. The van der Waals surface area contributed by atoms with Crippen molar-refractivity contribution in [2.24, 2.45) is 0 Å². The summed E-state index contributed by atoms with van der Waals surface area (Å²) in [5, 5.41) is 3.84. The molecule has 1 aromatic carbocycles. The van der Waals surface area contributed by atoms with Crippen molar-refractivity contribution in [1.29, 1.82) is 0 Å². The third-order valence-electron chi connectivity index (χ3n) is 5.07. The molecule has 2 aliphatic rings. The highest BCUT2D eigenvalue weighted by atomic mass is 16.2. The summed E-state index contributed by atoms with van der Waals surface area (Å²) in [6.45, 7) is 3.60. The Bertz CT molecular complexity index is 769. The topological polar surface area (TPSA) is 68.4 Å². The second-order valence-electron chi connectivity index (χ2n) is 6.63. The van der Waals surface area contributed by atoms with Gasteiger partial charge in [-0.25, -0.2) is 4.79 Å². The second-order valence-corrected chi connectivity index (χ2v) is 6.63. The number of piperidine rings is 1. The summed E-state index contributed by atoms with van der Waals surface area (Å²) in [6.07, 6.45) is 3.85. The molecule has 0 bridgehead atoms. The number of rotatable bonds is 4. The number of aromatic amines is 1. The zero-order chi connectivity index (χ0) is 16.5. The number of aromatic nitrogens is 1. The van der Waals surface area contributed by atoms with Crippen LogP contribution in [0.5, 0.6) is 0 Å². The van der Waals surface area contributed by atoms with Gasteiger partial charge in [-0.2, -0.15) is 0 Å². The van der Waals surface area contributed by atoms with Gasteiger partial charge in [0.1, 0.15) is 0 Å². The molecule has 2 fully saturated rings. The molecule has 0 spiro atoms. The quantitative estimate of drug-likeness (QED) is 0.843. The van der Waals surface area contributed by atoms with Crippen molar-refractivity contribution >= 4 is 22.7 Å². The number of carbonyl (C=O) groups is 2. The zero-order valence-electron chi connectivity index (χ0n) is 13.6. The average Bonchev–Trinajstić information content (AvgIpc) is 3.21. The SMILES string of the molecule is O=C(CN1CCC[C@@H](N2CCNC2=O)C1)c1c[nH]c2ccccc12. The van der Waals surface area contributed by atoms with Gasteiger partial charge in [0.25, 0.3) is 0 Å². The number of likely N-dealkylation sites (tertiary alicyclic amines) is 1. The van der Waals surface area contributed by atoms with Gasteiger partial charge in [0.15, 0.2) is 5.78 Å². The fourth-order valence-electron chi connectivity index (χ4n) is 3.85. The Morgan fingerprint density at radius 3 is 2.96 bits per heavy atom. The van der Waals surface area contributed by atoms with Crippen LogP contribution in [-0.2, 0) is 0 Å². The Morgan fingerprint density at radius 2 is 2.12 bits per heavy atom. The number of hydrogen-bond acceptors (Lipinski definition) is 3. The van der Waals surface area contributed by atoms with Gasteiger partial charge in [-0.3, -0.25) is 9.69 Å². The molecule has 0 unspecified atom stereocenters. The molecule has 126 valence electrons. The van der Waals surface area contributed by atoms with Crippen molar-refractivity contribution in [2.45, 2.75) is 18.9 Å². The second kappa shape index (κ2) is 6.28. The van der Waals surface area contributed by atoms with Gasteiger partial charge < -0.3 is 15.2 Å². The first kappa shape index (κ1) is 15.2. The minimum atomic E-state index is 0.0322. The lowest BCUT2D eigenvalue weighted by Crippen LogP contribution is -2.50. The molecular weight excluding hydrogens is 304 g/mol. The molecule has 2 amide bonds. The number of para-hydroxylation sites is 1. The van der Waals surface area contributed by atoms with Gasteiger partial charge in [-0.15, -0.1) is 0 Å². The molecule has 1 atom stereocenters. The monoisotopic (exact) mass is 326 g/mol. The lowest BCUT2D eigenvalue weighted by atomic mass is 10.0. The van der Waals surface area contributed by atoms with Crippen LogP contribution in [0.15, 0.2) is 30.5 Å². The predicted octanol–water partition coefficient (Wildman–Crippen LogP) is 1.84. The summed E-state index contributed by atoms with van der Waals surface area (Å²) >= 11 is 0. The van der Waals surface area contributed by atoms with Gasteiger partial charge in [-0.05, 0) is 25.5 Å². The predicted molar refractivity (Wildman–Crippen MR) is 92.2 cm³/mol. The van der Waals surface area contributed by atoms with Crippen LogP contribution in [0.25, 0.3) is 10.9 Å². The maximum absolute atomic E-state index is 12.7. The first-order valence-electron chi connectivity index (χ1n) is 8.58. The summed E-state index contributed by atoms with van der Waals surface area (Å²) in [6, 6.07) is 8.13. The summed E-state index contributed by atoms with van der Waals surface area (Å²) in [4.78, 5) is 31.9. The number of carbonyl (C=O) groups excluding carboxylic acids is 2. The standard InChI is InChI=1S/C18H22N4O2/c23-17(15-10-20-16-6-2-1-5-14(15)16)12-21-8-3-4-13(11-21)22-9-7-19-18(22)24/h1-2,5-6,10,13,20H,3-4,7-9,11-12H2,(H,19,24)/t13-/m1/s1. The van der Waals surface area contributed by atoms with Gasteiger partial charge >= 0.3 is 6.03 Å². The van der Waals surface area contributed by atoms with E-state index < -0.39 is 0 Å². The third-order valence-corrected chi connectivity index (χ3v) is 5.07. The van der Waals surface area contributed by atoms with Crippen LogP contribution in [0, 0.1) is 0 Å². The summed E-state index contributed by atoms with van der Waals surface area (Å²) in [7, 11) is 0. The van der Waals surface area contributed by atoms with Crippen molar-refractivity contribution in [3.63, 3.8) is 0 Å². The van der Waals surface area contributed by atoms with Crippen molar-refractivity contribution in [1.82, 2.24) is 20.1 Å². The Balaban J connectivity index is 1.44. The van der Waals surface area contributed by atoms with Gasteiger partial charge in [-0.1, -0.05) is 18.2 Å². The maximum atomic E-state index is 12.7. The number of Topliss-reactive ketones (excluding diaryl/α,β-unsaturated/α-hetero) is 1. The maximum Gasteiger partial charge on any atom is 0.317 e. The van der Waals surface area contributed by atoms with E-state index in [1.54, 1.807) is 0 Å². The van der Waals surface area contributed by atoms with E-state index in [1.165, 1.54) is 0 Å². The van der Waals surface area contributed by atoms with Crippen LogP contribution in [-0.4, -0.2) is 65.4 Å². The lowest BCUT2D eigenvalue weighted by molar-refractivity contribution is 0.0855. The Labute approximate surface area is 140 Å². The molecule has 1 aromatic heterocycles. The summed E-state index contributed by atoms with van der Waals surface area (Å²) < 4.78 is 0. The molecule has 2 aliphatic heterocycles. The number of H-pyrrole nitrogens is 1. The fraction of sp³-hybridized carbons (Fsp3) is 0.444. The molecule has 24 heavy (non-hydrogen) atoms. The summed E-state index contributed by atoms with van der Waals surface area (Å²) in [5.74, 6) is 0.138. The Hall–Kier alpha value is -2.34. The van der Waals surface area contributed by atoms with Crippen molar-refractivity contribution in [3.05, 3.63) is 36.0 Å². The van der Waals surface area contributed by atoms with E-state index in [0.29, 0.717) is 6.54 Å². The number of fused-ring (bicyclic) bond motifs is 1. The number of hydrogen-bond donors (Lipinski definition) is 2. The van der Waals surface area contributed by atoms with Crippen molar-refractivity contribution < 1.29 is 9.59 Å². The van der Waals surface area contributed by atoms with Crippen LogP contribution in [0.3, 0.4) is 0 Å². The number of benzene rings is 1. The van der Waals surface area contributed by atoms with E-state index >= 15 is 0 Å². The number of amides is 2. The fourth-order valence-corrected chi connectivity index (χ4v) is 3.85. The number of urea groups is 1. The zero-order valence-corrected chi connectivity index (χ0v) is 13.6. The minimum absolute atomic E-state index is 0.0322. The van der Waals surface area contributed by atoms with E-state index in [9.17, 15) is 9.59 Å². The van der Waals surface area contributed by atoms with E-state index in [1.807, 2.05) is 35.4 Å². The molecule has 0 saturated carbocycles. The molecule has 0 radical (unpaired) electrons. The van der Waals surface area contributed by atoms with Crippen LogP contribution < -0.4 is 5.32 Å². The average molecular weight is 326 g/mol. The highest BCUT2D eigenvalue weighted by Crippen LogP contribution is 2.21. The Kier molecular flexibility index (Phi) is 3.98. The van der Waals surface area contributed by atoms with E-state index in [0.717, 1.165) is 55.5 Å². The highest BCUT2D eigenvalue weighted by Gasteiger charge is 2.32. The van der Waals surface area contributed by atoms with E-state index in [-0.39, 0.29) is 17.9 Å². The first-order valence-corrected chi connectivity index (χ1v) is 8.58. The molecule has 6 nitrogen and oxygen atoms in total. The molecule has 0 aliphatic carbocycles. The number of nitrogens with one attached hydrogen (secondary N) is 2. The lowest BCUT2D eigenvalue weighted by Gasteiger charge is -2.36. The van der Waals surface area contributed by atoms with Gasteiger partial charge in [0.2, 0.25) is 0 Å². The normalized spacial score (nSPS) is 22.1. The van der Waals surface area contributed by atoms with Crippen LogP contribution >= 0.6 is 0 Å². The van der Waals surface area contributed by atoms with E-state index in [4.69, 9.17) is 0 Å². The van der Waals surface area contributed by atoms with E-state index in [2.05, 4.69) is 15.2 Å². The largest absolute Gasteiger partial charge is 0.360 e. The van der Waals surface area contributed by atoms with Crippen LogP contribution in [0.4, 0.5) is 4.79 Å². The highest BCUT2D eigenvalue weighted by molar-refractivity contribution is 6.08. The Morgan fingerprint density at radius 1 is 1.25 bits per heavy atom. The van der Waals surface area contributed by atoms with Gasteiger partial charge in [0, 0.05) is 48.3 Å². The van der Waals surface area contributed by atoms with Crippen molar-refractivity contribution in [2.75, 3.05) is 32.7 Å². The number of nitrogens with zero attached hydrogens (tertiary/aromatic N) is 2.